The first kappa shape index (κ1) is 17.7. The van der Waals surface area contributed by atoms with Crippen LogP contribution in [-0.4, -0.2) is 42.3 Å². The lowest BCUT2D eigenvalue weighted by molar-refractivity contribution is -0.115. The molecule has 6 nitrogen and oxygen atoms in total. The summed E-state index contributed by atoms with van der Waals surface area (Å²) in [5.74, 6) is -0.104. The van der Waals surface area contributed by atoms with Gasteiger partial charge in [-0.2, -0.15) is 0 Å². The number of amides is 1. The quantitative estimate of drug-likeness (QED) is 0.752. The van der Waals surface area contributed by atoms with Gasteiger partial charge in [0.1, 0.15) is 5.69 Å². The van der Waals surface area contributed by atoms with Gasteiger partial charge in [0.05, 0.1) is 19.6 Å². The van der Waals surface area contributed by atoms with Crippen molar-refractivity contribution >= 4 is 22.6 Å². The van der Waals surface area contributed by atoms with E-state index in [-0.39, 0.29) is 12.3 Å². The number of carbonyl (C=O) groups excluding carboxylic acids is 1. The highest BCUT2D eigenvalue weighted by molar-refractivity contribution is 5.94. The average Bonchev–Trinajstić information content (AvgIpc) is 3.06. The summed E-state index contributed by atoms with van der Waals surface area (Å²) in [7, 11) is 0. The molecule has 3 aromatic rings. The molecule has 0 bridgehead atoms. The fraction of sp³-hybridized carbons (Fsp3) is 0.333. The SMILES string of the molecule is Cc1ccc2onc(CC(=O)Nc3ccc(CN4CCOCC4)cc3)c2c1. The Bertz CT molecular complexity index is 927. The molecule has 1 aromatic heterocycles. The average molecular weight is 365 g/mol. The fourth-order valence-corrected chi connectivity index (χ4v) is 3.30. The monoisotopic (exact) mass is 365 g/mol. The lowest BCUT2D eigenvalue weighted by atomic mass is 10.1. The lowest BCUT2D eigenvalue weighted by Gasteiger charge is -2.26. The molecular formula is C21H23N3O3. The molecule has 2 heterocycles. The molecular weight excluding hydrogens is 342 g/mol. The second kappa shape index (κ2) is 7.90. The Morgan fingerprint density at radius 1 is 1.15 bits per heavy atom. The molecule has 6 heteroatoms. The minimum absolute atomic E-state index is 0.104. The first-order chi connectivity index (χ1) is 13.2. The van der Waals surface area contributed by atoms with E-state index in [0.29, 0.717) is 11.3 Å². The molecule has 0 saturated carbocycles. The largest absolute Gasteiger partial charge is 0.379 e. The molecule has 0 radical (unpaired) electrons. The number of nitrogens with zero attached hydrogens (tertiary/aromatic N) is 2. The molecule has 1 amide bonds. The number of anilines is 1. The van der Waals surface area contributed by atoms with Crippen molar-refractivity contribution in [3.8, 4) is 0 Å². The zero-order valence-corrected chi connectivity index (χ0v) is 15.4. The summed E-state index contributed by atoms with van der Waals surface area (Å²) in [6, 6.07) is 13.8. The summed E-state index contributed by atoms with van der Waals surface area (Å²) >= 11 is 0. The van der Waals surface area contributed by atoms with Gasteiger partial charge < -0.3 is 14.6 Å². The Kier molecular flexibility index (Phi) is 5.18. The molecule has 1 aliphatic heterocycles. The van der Waals surface area contributed by atoms with Crippen molar-refractivity contribution < 1.29 is 14.1 Å². The molecule has 1 fully saturated rings. The van der Waals surface area contributed by atoms with Gasteiger partial charge in [0.15, 0.2) is 5.58 Å². The predicted molar refractivity (Wildman–Crippen MR) is 104 cm³/mol. The maximum atomic E-state index is 12.4. The van der Waals surface area contributed by atoms with Crippen LogP contribution in [0.25, 0.3) is 11.0 Å². The van der Waals surface area contributed by atoms with Gasteiger partial charge in [-0.1, -0.05) is 28.9 Å². The zero-order chi connectivity index (χ0) is 18.6. The Morgan fingerprint density at radius 2 is 1.93 bits per heavy atom. The molecule has 1 aliphatic rings. The minimum Gasteiger partial charge on any atom is -0.379 e. The normalized spacial score (nSPS) is 15.1. The maximum Gasteiger partial charge on any atom is 0.230 e. The number of fused-ring (bicyclic) bond motifs is 1. The smallest absolute Gasteiger partial charge is 0.230 e. The van der Waals surface area contributed by atoms with Crippen molar-refractivity contribution in [2.75, 3.05) is 31.6 Å². The summed E-state index contributed by atoms with van der Waals surface area (Å²) in [4.78, 5) is 14.8. The number of aryl methyl sites for hydroxylation is 1. The summed E-state index contributed by atoms with van der Waals surface area (Å²) in [6.07, 6.45) is 0.186. The molecule has 140 valence electrons. The molecule has 0 atom stereocenters. The van der Waals surface area contributed by atoms with Gasteiger partial charge in [0, 0.05) is 30.7 Å². The molecule has 1 saturated heterocycles. The second-order valence-electron chi connectivity index (χ2n) is 6.94. The van der Waals surface area contributed by atoms with Crippen molar-refractivity contribution in [1.29, 1.82) is 0 Å². The van der Waals surface area contributed by atoms with E-state index >= 15 is 0 Å². The van der Waals surface area contributed by atoms with Gasteiger partial charge in [-0.15, -0.1) is 0 Å². The van der Waals surface area contributed by atoms with Gasteiger partial charge >= 0.3 is 0 Å². The van der Waals surface area contributed by atoms with Crippen LogP contribution in [0.15, 0.2) is 47.0 Å². The topological polar surface area (TPSA) is 67.6 Å². The van der Waals surface area contributed by atoms with Crippen LogP contribution in [0.2, 0.25) is 0 Å². The van der Waals surface area contributed by atoms with Crippen LogP contribution in [0, 0.1) is 6.92 Å². The number of nitrogens with one attached hydrogen (secondary N) is 1. The summed E-state index contributed by atoms with van der Waals surface area (Å²) < 4.78 is 10.7. The third-order valence-corrected chi connectivity index (χ3v) is 4.78. The van der Waals surface area contributed by atoms with Gasteiger partial charge in [-0.25, -0.2) is 0 Å². The van der Waals surface area contributed by atoms with Crippen molar-refractivity contribution in [3.63, 3.8) is 0 Å². The van der Waals surface area contributed by atoms with Crippen molar-refractivity contribution in [3.05, 3.63) is 59.3 Å². The number of aromatic nitrogens is 1. The number of carbonyl (C=O) groups is 1. The van der Waals surface area contributed by atoms with Gasteiger partial charge in [0.25, 0.3) is 0 Å². The summed E-state index contributed by atoms with van der Waals surface area (Å²) in [5, 5.41) is 7.88. The van der Waals surface area contributed by atoms with Gasteiger partial charge in [-0.3, -0.25) is 9.69 Å². The minimum atomic E-state index is -0.104. The Morgan fingerprint density at radius 3 is 2.70 bits per heavy atom. The maximum absolute atomic E-state index is 12.4. The van der Waals surface area contributed by atoms with Crippen molar-refractivity contribution in [2.45, 2.75) is 19.9 Å². The van der Waals surface area contributed by atoms with Crippen LogP contribution < -0.4 is 5.32 Å². The first-order valence-electron chi connectivity index (χ1n) is 9.21. The van der Waals surface area contributed by atoms with E-state index in [9.17, 15) is 4.79 Å². The highest BCUT2D eigenvalue weighted by atomic mass is 16.5. The number of ether oxygens (including phenoxy) is 1. The van der Waals surface area contributed by atoms with E-state index in [2.05, 4.69) is 27.5 Å². The number of hydrogen-bond acceptors (Lipinski definition) is 5. The molecule has 0 unspecified atom stereocenters. The number of morpholine rings is 1. The van der Waals surface area contributed by atoms with E-state index in [1.165, 1.54) is 5.56 Å². The van der Waals surface area contributed by atoms with Crippen molar-refractivity contribution in [1.82, 2.24) is 10.1 Å². The van der Waals surface area contributed by atoms with Crippen LogP contribution in [0.1, 0.15) is 16.8 Å². The molecule has 0 aliphatic carbocycles. The summed E-state index contributed by atoms with van der Waals surface area (Å²) in [5.41, 5.74) is 4.50. The third kappa shape index (κ3) is 4.35. The highest BCUT2D eigenvalue weighted by Gasteiger charge is 2.13. The number of rotatable bonds is 5. The third-order valence-electron chi connectivity index (χ3n) is 4.78. The number of benzene rings is 2. The molecule has 27 heavy (non-hydrogen) atoms. The van der Waals surface area contributed by atoms with Gasteiger partial charge in [-0.05, 0) is 36.8 Å². The van der Waals surface area contributed by atoms with Crippen LogP contribution in [-0.2, 0) is 22.5 Å². The molecule has 1 N–H and O–H groups in total. The van der Waals surface area contributed by atoms with E-state index in [1.807, 2.05) is 37.3 Å². The van der Waals surface area contributed by atoms with E-state index in [4.69, 9.17) is 9.26 Å². The van der Waals surface area contributed by atoms with Crippen LogP contribution in [0.4, 0.5) is 5.69 Å². The zero-order valence-electron chi connectivity index (χ0n) is 15.4. The molecule has 2 aromatic carbocycles. The Balaban J connectivity index is 1.36. The van der Waals surface area contributed by atoms with E-state index in [1.54, 1.807) is 0 Å². The van der Waals surface area contributed by atoms with E-state index in [0.717, 1.165) is 49.5 Å². The first-order valence-corrected chi connectivity index (χ1v) is 9.21. The summed E-state index contributed by atoms with van der Waals surface area (Å²) in [6.45, 7) is 6.43. The Labute approximate surface area is 158 Å². The fourth-order valence-electron chi connectivity index (χ4n) is 3.30. The standard InChI is InChI=1S/C21H23N3O3/c1-15-2-7-20-18(12-15)19(23-27-20)13-21(25)22-17-5-3-16(4-6-17)14-24-8-10-26-11-9-24/h2-7,12H,8-11,13-14H2,1H3,(H,22,25). The van der Waals surface area contributed by atoms with E-state index < -0.39 is 0 Å². The predicted octanol–water partition coefficient (Wildman–Crippen LogP) is 3.15. The number of hydrogen-bond donors (Lipinski definition) is 1. The van der Waals surface area contributed by atoms with Crippen molar-refractivity contribution in [2.24, 2.45) is 0 Å². The second-order valence-corrected chi connectivity index (χ2v) is 6.94. The highest BCUT2D eigenvalue weighted by Crippen LogP contribution is 2.21. The Hall–Kier alpha value is -2.70. The van der Waals surface area contributed by atoms with Crippen LogP contribution >= 0.6 is 0 Å². The van der Waals surface area contributed by atoms with Crippen LogP contribution in [0.3, 0.4) is 0 Å². The lowest BCUT2D eigenvalue weighted by Crippen LogP contribution is -2.35. The molecule has 4 rings (SSSR count). The van der Waals surface area contributed by atoms with Gasteiger partial charge in [0.2, 0.25) is 5.91 Å². The molecule has 0 spiro atoms. The van der Waals surface area contributed by atoms with Crippen LogP contribution in [0.5, 0.6) is 0 Å².